The van der Waals surface area contributed by atoms with Gasteiger partial charge >= 0.3 is 23.9 Å². The molecule has 0 radical (unpaired) electrons. The highest BCUT2D eigenvalue weighted by molar-refractivity contribution is 5.90. The molecule has 106 heavy (non-hydrogen) atoms. The van der Waals surface area contributed by atoms with Crippen molar-refractivity contribution in [3.05, 3.63) is 24.3 Å². The van der Waals surface area contributed by atoms with Gasteiger partial charge in [0.15, 0.2) is 31.5 Å². The molecular weight excluding hydrogens is 1430 g/mol. The maximum Gasteiger partial charge on any atom is 0.330 e. The van der Waals surface area contributed by atoms with Crippen LogP contribution in [0.5, 0.6) is 0 Å². The predicted octanol–water partition coefficient (Wildman–Crippen LogP) is -8.75. The fourth-order valence-electron chi connectivity index (χ4n) is 15.7. The molecule has 10 fully saturated rings. The van der Waals surface area contributed by atoms with E-state index in [1.807, 2.05) is 0 Å². The molecule has 606 valence electrons. The van der Waals surface area contributed by atoms with Crippen molar-refractivity contribution in [1.29, 1.82) is 0 Å². The molecule has 6 aliphatic heterocycles. The van der Waals surface area contributed by atoms with E-state index in [2.05, 4.69) is 0 Å². The average Bonchev–Trinajstić information content (AvgIpc) is 0.761. The number of hydrogen-bond acceptors (Lipinski definition) is 38. The molecule has 6 saturated heterocycles. The van der Waals surface area contributed by atoms with E-state index < -0.39 is 290 Å². The molecule has 4 saturated carbocycles. The van der Waals surface area contributed by atoms with Crippen molar-refractivity contribution in [3.63, 3.8) is 0 Å². The zero-order valence-corrected chi connectivity index (χ0v) is 58.0. The Kier molecular flexibility index (Phi) is 30.4. The number of fused-ring (bicyclic) bond motifs is 1. The number of hydrogen-bond donors (Lipinski definition) is 20. The van der Waals surface area contributed by atoms with Crippen LogP contribution < -0.4 is 0 Å². The normalized spacial score (nSPS) is 47.6. The smallest absolute Gasteiger partial charge is 0.330 e. The van der Waals surface area contributed by atoms with Gasteiger partial charge in [-0.15, -0.1) is 0 Å². The summed E-state index contributed by atoms with van der Waals surface area (Å²) in [6.07, 6.45) is -45.8. The number of methoxy groups -OCH3 is 1. The van der Waals surface area contributed by atoms with Gasteiger partial charge in [0, 0.05) is 31.6 Å². The average molecular weight is 1530 g/mol. The summed E-state index contributed by atoms with van der Waals surface area (Å²) in [4.78, 5) is 49.7. The van der Waals surface area contributed by atoms with E-state index in [-0.39, 0.29) is 50.4 Å². The Morgan fingerprint density at radius 3 is 1.39 bits per heavy atom. The molecule has 37 unspecified atom stereocenters. The highest BCUT2D eigenvalue weighted by Crippen LogP contribution is 2.46. The summed E-state index contributed by atoms with van der Waals surface area (Å²) in [7, 11) is 1.44. The summed E-state index contributed by atoms with van der Waals surface area (Å²) in [5.74, 6) is -6.39. The zero-order valence-electron chi connectivity index (χ0n) is 58.0. The molecule has 0 aromatic heterocycles. The second kappa shape index (κ2) is 38.1. The van der Waals surface area contributed by atoms with E-state index in [0.717, 1.165) is 6.08 Å². The number of carbonyl (C=O) groups is 4. The molecule has 0 aromatic rings. The standard InChI is InChI=1S/C67H104O39/c1-92-36-14-26(4-11-33(36)98-64-58(89)52(83)47(78)38(20-68)101-64)6-13-45(76)93-22-40-49(80)54(85)57(88)63(103-40)96-29-8-2-25(3-9-29)5-12-44(75)94-23-42-51(82)56(87)62(106-66-60(91)53(84)48(79)39(21-69)102-66)67(105-42)100-37-18-30-34(97-61(37)27-7-10-31(71)32(72)15-27)16-28(70)17-35(30)99-65-59(90)55(86)50(81)41(104-65)24-95-46(77)19-43(73)74/h5-6,12-13,25-42,47-72,78-91H,2-4,7-11,14-24H2,1H3,(H,73,74). The van der Waals surface area contributed by atoms with E-state index in [4.69, 9.17) is 76.2 Å². The number of carbonyl (C=O) groups excluding carboxylic acids is 3. The SMILES string of the molecule is COC1CC(C=CC(=O)OCC2OC(OC3CCC(C=CC(=O)OCC4OC(OC5CC6C(OC7OC(COC(=O)CC(=O)O)C(O)C(O)C7O)CC(O)CC6OC5C5CCC(O)C(O)C5)C(OC5OC(CO)C(O)C(O)C5O)C(O)C4O)CC3)C(O)C(O)C2O)CCC1OC1OC(CO)C(O)C(O)C1O. The van der Waals surface area contributed by atoms with Gasteiger partial charge in [0.05, 0.1) is 74.3 Å². The van der Waals surface area contributed by atoms with Crippen LogP contribution >= 0.6 is 0 Å². The maximum atomic E-state index is 13.5. The predicted molar refractivity (Wildman–Crippen MR) is 341 cm³/mol. The Labute approximate surface area is 607 Å². The monoisotopic (exact) mass is 1530 g/mol. The first-order valence-corrected chi connectivity index (χ1v) is 36.0. The molecule has 0 amide bonds. The van der Waals surface area contributed by atoms with Crippen LogP contribution in [-0.4, -0.2) is 381 Å². The number of carboxylic acid groups (broad SMARTS) is 1. The van der Waals surface area contributed by atoms with Crippen molar-refractivity contribution >= 4 is 23.9 Å². The molecule has 6 heterocycles. The van der Waals surface area contributed by atoms with Crippen molar-refractivity contribution < 1.29 is 192 Å². The van der Waals surface area contributed by atoms with Gasteiger partial charge in [-0.2, -0.15) is 0 Å². The molecular formula is C67H104O39. The first-order chi connectivity index (χ1) is 50.4. The molecule has 37 atom stereocenters. The Morgan fingerprint density at radius 1 is 0.396 bits per heavy atom. The third-order valence-electron chi connectivity index (χ3n) is 22.0. The van der Waals surface area contributed by atoms with Crippen molar-refractivity contribution in [3.8, 4) is 0 Å². The Bertz CT molecular complexity index is 2850. The molecule has 0 spiro atoms. The lowest BCUT2D eigenvalue weighted by atomic mass is 9.72. The van der Waals surface area contributed by atoms with Crippen LogP contribution in [0.15, 0.2) is 24.3 Å². The maximum absolute atomic E-state index is 13.5. The summed E-state index contributed by atoms with van der Waals surface area (Å²) in [5, 5.41) is 214. The molecule has 4 aliphatic carbocycles. The number of aliphatic carboxylic acids is 1. The van der Waals surface area contributed by atoms with Gasteiger partial charge < -0.3 is 173 Å². The van der Waals surface area contributed by atoms with Gasteiger partial charge in [0.1, 0.15) is 148 Å². The summed E-state index contributed by atoms with van der Waals surface area (Å²) in [6.45, 7) is -3.62. The van der Waals surface area contributed by atoms with E-state index in [1.54, 1.807) is 12.2 Å². The van der Waals surface area contributed by atoms with Crippen LogP contribution in [0.4, 0.5) is 0 Å². The first kappa shape index (κ1) is 84.6. The number of aliphatic hydroxyl groups excluding tert-OH is 19. The van der Waals surface area contributed by atoms with Crippen LogP contribution in [0.1, 0.15) is 89.9 Å². The third-order valence-corrected chi connectivity index (χ3v) is 22.0. The van der Waals surface area contributed by atoms with Gasteiger partial charge in [-0.1, -0.05) is 12.2 Å². The van der Waals surface area contributed by atoms with Gasteiger partial charge in [0.2, 0.25) is 0 Å². The molecule has 10 aliphatic rings. The summed E-state index contributed by atoms with van der Waals surface area (Å²) < 4.78 is 88.4. The number of esters is 3. The van der Waals surface area contributed by atoms with Gasteiger partial charge in [-0.05, 0) is 94.8 Å². The summed E-state index contributed by atoms with van der Waals surface area (Å²) >= 11 is 0. The number of allylic oxidation sites excluding steroid dienone is 2. The molecule has 39 nitrogen and oxygen atoms in total. The van der Waals surface area contributed by atoms with Gasteiger partial charge in [0.25, 0.3) is 0 Å². The van der Waals surface area contributed by atoms with E-state index in [1.165, 1.54) is 13.2 Å². The lowest BCUT2D eigenvalue weighted by Crippen LogP contribution is -2.66. The van der Waals surface area contributed by atoms with Crippen LogP contribution in [0.2, 0.25) is 0 Å². The number of ether oxygens (including phenoxy) is 15. The Balaban J connectivity index is 0.750. The quantitative estimate of drug-likeness (QED) is 0.0165. The highest BCUT2D eigenvalue weighted by Gasteiger charge is 2.57. The van der Waals surface area contributed by atoms with E-state index in [9.17, 15) is 116 Å². The minimum atomic E-state index is -2.09. The largest absolute Gasteiger partial charge is 0.481 e. The van der Waals surface area contributed by atoms with Crippen LogP contribution in [0, 0.1) is 23.7 Å². The minimum Gasteiger partial charge on any atom is -0.481 e. The van der Waals surface area contributed by atoms with E-state index in [0.29, 0.717) is 44.9 Å². The molecule has 39 heteroatoms. The summed E-state index contributed by atoms with van der Waals surface area (Å²) in [6, 6.07) is 0. The fourth-order valence-corrected chi connectivity index (χ4v) is 15.7. The molecule has 20 N–H and O–H groups in total. The first-order valence-electron chi connectivity index (χ1n) is 36.0. The van der Waals surface area contributed by atoms with Crippen molar-refractivity contribution in [2.45, 2.75) is 304 Å². The molecule has 0 aromatic carbocycles. The molecule has 0 bridgehead atoms. The lowest BCUT2D eigenvalue weighted by Gasteiger charge is -2.53. The van der Waals surface area contributed by atoms with E-state index >= 15 is 0 Å². The van der Waals surface area contributed by atoms with Crippen LogP contribution in [0.25, 0.3) is 0 Å². The molecule has 10 rings (SSSR count). The minimum absolute atomic E-state index is 0.0103. The fraction of sp³-hybridized carbons (Fsp3) is 0.881. The number of aliphatic hydroxyl groups is 19. The zero-order chi connectivity index (χ0) is 76.7. The van der Waals surface area contributed by atoms with Crippen molar-refractivity contribution in [2.75, 3.05) is 40.1 Å². The number of rotatable bonds is 26. The second-order valence-corrected chi connectivity index (χ2v) is 29.2. The summed E-state index contributed by atoms with van der Waals surface area (Å²) in [5.41, 5.74) is 0. The van der Waals surface area contributed by atoms with Crippen LogP contribution in [-0.2, 0) is 90.2 Å². The van der Waals surface area contributed by atoms with Crippen molar-refractivity contribution in [1.82, 2.24) is 0 Å². The Hall–Kier alpha value is -3.88. The van der Waals surface area contributed by atoms with Gasteiger partial charge in [-0.25, -0.2) is 9.59 Å². The highest BCUT2D eigenvalue weighted by atomic mass is 16.8. The second-order valence-electron chi connectivity index (χ2n) is 29.2. The lowest BCUT2D eigenvalue weighted by molar-refractivity contribution is -0.380. The van der Waals surface area contributed by atoms with Gasteiger partial charge in [-0.3, -0.25) is 9.59 Å². The van der Waals surface area contributed by atoms with Crippen LogP contribution in [0.3, 0.4) is 0 Å². The third kappa shape index (κ3) is 20.5. The topological polar surface area (TPSA) is 611 Å². The Morgan fingerprint density at radius 2 is 0.858 bits per heavy atom. The number of carboxylic acids is 1. The van der Waals surface area contributed by atoms with Crippen molar-refractivity contribution in [2.24, 2.45) is 23.7 Å².